The number of halogens is 1. The van der Waals surface area contributed by atoms with Crippen molar-refractivity contribution in [1.29, 1.82) is 0 Å². The molecule has 3 aromatic rings. The number of ether oxygens (including phenoxy) is 1. The van der Waals surface area contributed by atoms with Crippen LogP contribution in [0, 0.1) is 0 Å². The van der Waals surface area contributed by atoms with Crippen LogP contribution in [0.4, 0.5) is 11.4 Å². The van der Waals surface area contributed by atoms with Crippen molar-refractivity contribution < 1.29 is 17.9 Å². The second kappa shape index (κ2) is 8.33. The van der Waals surface area contributed by atoms with E-state index in [2.05, 4.69) is 10.0 Å². The van der Waals surface area contributed by atoms with Crippen molar-refractivity contribution in [2.24, 2.45) is 0 Å². The number of nitrogens with one attached hydrogen (secondary N) is 2. The average Bonchev–Trinajstić information content (AvgIpc) is 2.65. The van der Waals surface area contributed by atoms with E-state index in [1.165, 1.54) is 31.2 Å². The minimum absolute atomic E-state index is 0.0862. The first-order valence-electron chi connectivity index (χ1n) is 8.26. The predicted molar refractivity (Wildman–Crippen MR) is 110 cm³/mol. The maximum absolute atomic E-state index is 12.5. The van der Waals surface area contributed by atoms with Gasteiger partial charge in [0.1, 0.15) is 11.5 Å². The molecule has 0 unspecified atom stereocenters. The zero-order valence-electron chi connectivity index (χ0n) is 14.8. The molecule has 3 aromatic carbocycles. The van der Waals surface area contributed by atoms with Gasteiger partial charge in [-0.3, -0.25) is 9.52 Å². The summed E-state index contributed by atoms with van der Waals surface area (Å²) in [7, 11) is -3.75. The second-order valence-electron chi connectivity index (χ2n) is 5.89. The smallest absolute Gasteiger partial charge is 0.261 e. The molecular weight excluding hydrogens is 400 g/mol. The van der Waals surface area contributed by atoms with E-state index < -0.39 is 10.0 Å². The Balaban J connectivity index is 1.68. The van der Waals surface area contributed by atoms with Crippen molar-refractivity contribution in [2.75, 3.05) is 10.0 Å². The summed E-state index contributed by atoms with van der Waals surface area (Å²) in [6, 6.07) is 19.3. The zero-order valence-corrected chi connectivity index (χ0v) is 16.4. The van der Waals surface area contributed by atoms with Crippen molar-refractivity contribution in [3.63, 3.8) is 0 Å². The Morgan fingerprint density at radius 1 is 0.821 bits per heavy atom. The maximum atomic E-state index is 12.5. The van der Waals surface area contributed by atoms with Gasteiger partial charge in [0.2, 0.25) is 5.91 Å². The third-order valence-electron chi connectivity index (χ3n) is 3.64. The van der Waals surface area contributed by atoms with Gasteiger partial charge in [0.25, 0.3) is 10.0 Å². The Labute approximate surface area is 168 Å². The van der Waals surface area contributed by atoms with Crippen molar-refractivity contribution in [1.82, 2.24) is 0 Å². The fourth-order valence-electron chi connectivity index (χ4n) is 2.36. The Hall–Kier alpha value is -3.03. The highest BCUT2D eigenvalue weighted by atomic mass is 35.5. The summed E-state index contributed by atoms with van der Waals surface area (Å²) >= 11 is 5.84. The number of carbonyl (C=O) groups is 1. The number of hydrogen-bond acceptors (Lipinski definition) is 4. The lowest BCUT2D eigenvalue weighted by Gasteiger charge is -2.10. The molecule has 0 bridgehead atoms. The Kier molecular flexibility index (Phi) is 5.87. The van der Waals surface area contributed by atoms with E-state index in [1.807, 2.05) is 0 Å². The molecule has 0 spiro atoms. The number of sulfonamides is 1. The van der Waals surface area contributed by atoms with Crippen LogP contribution in [0.1, 0.15) is 6.92 Å². The standard InChI is InChI=1S/C20H17ClN2O4S/c1-14(24)22-16-6-12-20(13-7-16)28(25,26)23-17-4-10-19(11-5-17)27-18-8-2-15(21)3-9-18/h2-13,23H,1H3,(H,22,24). The van der Waals surface area contributed by atoms with Crippen LogP contribution in [0.15, 0.2) is 77.7 Å². The number of amides is 1. The molecule has 0 aliphatic carbocycles. The highest BCUT2D eigenvalue weighted by Crippen LogP contribution is 2.25. The molecule has 0 radical (unpaired) electrons. The molecule has 0 aromatic heterocycles. The molecule has 6 nitrogen and oxygen atoms in total. The zero-order chi connectivity index (χ0) is 20.1. The van der Waals surface area contributed by atoms with Gasteiger partial charge >= 0.3 is 0 Å². The lowest BCUT2D eigenvalue weighted by molar-refractivity contribution is -0.114. The largest absolute Gasteiger partial charge is 0.457 e. The van der Waals surface area contributed by atoms with Crippen molar-refractivity contribution in [3.05, 3.63) is 77.8 Å². The lowest BCUT2D eigenvalue weighted by atomic mass is 10.3. The molecule has 28 heavy (non-hydrogen) atoms. The summed E-state index contributed by atoms with van der Waals surface area (Å²) in [6.45, 7) is 1.38. The van der Waals surface area contributed by atoms with E-state index in [4.69, 9.17) is 16.3 Å². The van der Waals surface area contributed by atoms with Crippen LogP contribution in [0.25, 0.3) is 0 Å². The summed E-state index contributed by atoms with van der Waals surface area (Å²) in [5.74, 6) is 0.955. The fourth-order valence-corrected chi connectivity index (χ4v) is 3.55. The van der Waals surface area contributed by atoms with Crippen molar-refractivity contribution in [2.45, 2.75) is 11.8 Å². The molecule has 8 heteroatoms. The van der Waals surface area contributed by atoms with Gasteiger partial charge in [0, 0.05) is 23.3 Å². The molecule has 0 atom stereocenters. The van der Waals surface area contributed by atoms with Crippen LogP contribution in [-0.4, -0.2) is 14.3 Å². The molecule has 0 heterocycles. The maximum Gasteiger partial charge on any atom is 0.261 e. The summed E-state index contributed by atoms with van der Waals surface area (Å²) in [5, 5.41) is 3.20. The van der Waals surface area contributed by atoms with Gasteiger partial charge in [-0.2, -0.15) is 0 Å². The van der Waals surface area contributed by atoms with Gasteiger partial charge in [0.15, 0.2) is 0 Å². The number of benzene rings is 3. The summed E-state index contributed by atoms with van der Waals surface area (Å²) in [6.07, 6.45) is 0. The third-order valence-corrected chi connectivity index (χ3v) is 5.29. The second-order valence-corrected chi connectivity index (χ2v) is 8.01. The number of hydrogen-bond donors (Lipinski definition) is 2. The molecular formula is C20H17ClN2O4S. The Morgan fingerprint density at radius 2 is 1.32 bits per heavy atom. The van der Waals surface area contributed by atoms with E-state index >= 15 is 0 Å². The number of carbonyl (C=O) groups excluding carboxylic acids is 1. The van der Waals surface area contributed by atoms with Crippen LogP contribution in [0.3, 0.4) is 0 Å². The van der Waals surface area contributed by atoms with Crippen LogP contribution in [0.2, 0.25) is 5.02 Å². The Morgan fingerprint density at radius 3 is 1.86 bits per heavy atom. The van der Waals surface area contributed by atoms with E-state index in [0.29, 0.717) is 27.9 Å². The highest BCUT2D eigenvalue weighted by Gasteiger charge is 2.14. The SMILES string of the molecule is CC(=O)Nc1ccc(S(=O)(=O)Nc2ccc(Oc3ccc(Cl)cc3)cc2)cc1. The lowest BCUT2D eigenvalue weighted by Crippen LogP contribution is -2.13. The summed E-state index contributed by atoms with van der Waals surface area (Å²) < 4.78 is 33.2. The van der Waals surface area contributed by atoms with Crippen LogP contribution >= 0.6 is 11.6 Å². The van der Waals surface area contributed by atoms with E-state index in [-0.39, 0.29) is 10.8 Å². The fraction of sp³-hybridized carbons (Fsp3) is 0.0500. The molecule has 0 saturated carbocycles. The van der Waals surface area contributed by atoms with Gasteiger partial charge < -0.3 is 10.1 Å². The normalized spacial score (nSPS) is 10.9. The molecule has 0 saturated heterocycles. The number of rotatable bonds is 6. The molecule has 0 fully saturated rings. The van der Waals surface area contributed by atoms with E-state index in [9.17, 15) is 13.2 Å². The third kappa shape index (κ3) is 5.25. The molecule has 144 valence electrons. The average molecular weight is 417 g/mol. The van der Waals surface area contributed by atoms with Gasteiger partial charge in [-0.25, -0.2) is 8.42 Å². The van der Waals surface area contributed by atoms with E-state index in [0.717, 1.165) is 0 Å². The molecule has 1 amide bonds. The molecule has 0 aliphatic rings. The van der Waals surface area contributed by atoms with Crippen LogP contribution in [-0.2, 0) is 14.8 Å². The number of anilines is 2. The molecule has 3 rings (SSSR count). The first-order chi connectivity index (χ1) is 13.3. The van der Waals surface area contributed by atoms with Crippen LogP contribution < -0.4 is 14.8 Å². The van der Waals surface area contributed by atoms with Crippen LogP contribution in [0.5, 0.6) is 11.5 Å². The minimum atomic E-state index is -3.75. The summed E-state index contributed by atoms with van der Waals surface area (Å²) in [5.41, 5.74) is 0.921. The minimum Gasteiger partial charge on any atom is -0.457 e. The van der Waals surface area contributed by atoms with Crippen molar-refractivity contribution in [3.8, 4) is 11.5 Å². The Bertz CT molecular complexity index is 1060. The summed E-state index contributed by atoms with van der Waals surface area (Å²) in [4.78, 5) is 11.1. The topological polar surface area (TPSA) is 84.5 Å². The van der Waals surface area contributed by atoms with Gasteiger partial charge in [-0.1, -0.05) is 11.6 Å². The van der Waals surface area contributed by atoms with Gasteiger partial charge in [0.05, 0.1) is 4.90 Å². The first kappa shape index (κ1) is 19.7. The molecule has 2 N–H and O–H groups in total. The quantitative estimate of drug-likeness (QED) is 0.599. The van der Waals surface area contributed by atoms with Crippen molar-refractivity contribution >= 4 is 38.9 Å². The molecule has 0 aliphatic heterocycles. The highest BCUT2D eigenvalue weighted by molar-refractivity contribution is 7.92. The van der Waals surface area contributed by atoms with E-state index in [1.54, 1.807) is 48.5 Å². The van der Waals surface area contributed by atoms with Gasteiger partial charge in [-0.05, 0) is 72.8 Å². The van der Waals surface area contributed by atoms with Gasteiger partial charge in [-0.15, -0.1) is 0 Å². The monoisotopic (exact) mass is 416 g/mol. The first-order valence-corrected chi connectivity index (χ1v) is 10.1. The predicted octanol–water partition coefficient (Wildman–Crippen LogP) is 4.89.